The van der Waals surface area contributed by atoms with Crippen molar-refractivity contribution < 1.29 is 19.4 Å². The summed E-state index contributed by atoms with van der Waals surface area (Å²) >= 11 is 0. The Morgan fingerprint density at radius 3 is 1.09 bits per heavy atom. The number of ketones is 1. The molecule has 0 atom stereocenters. The van der Waals surface area contributed by atoms with Gasteiger partial charge in [0.1, 0.15) is 6.61 Å². The van der Waals surface area contributed by atoms with E-state index in [1.807, 2.05) is 0 Å². The Morgan fingerprint density at radius 2 is 0.768 bits per heavy atom. The van der Waals surface area contributed by atoms with E-state index in [0.717, 1.165) is 58.1 Å². The first-order chi connectivity index (χ1) is 27.1. The molecule has 6 aromatic rings. The van der Waals surface area contributed by atoms with E-state index >= 15 is 0 Å². The van der Waals surface area contributed by atoms with Crippen LogP contribution in [0.25, 0.3) is 0 Å². The van der Waals surface area contributed by atoms with Crippen molar-refractivity contribution in [1.82, 2.24) is 0 Å². The third-order valence-electron chi connectivity index (χ3n) is 10.7. The summed E-state index contributed by atoms with van der Waals surface area (Å²) in [7, 11) is 1.43. The lowest BCUT2D eigenvalue weighted by Gasteiger charge is -2.27. The van der Waals surface area contributed by atoms with Crippen molar-refractivity contribution in [1.29, 1.82) is 0 Å². The van der Waals surface area contributed by atoms with Gasteiger partial charge in [0.25, 0.3) is 0 Å². The number of carbonyl (C=O) groups excluding carboxylic acids is 2. The number of aliphatic hydroxyl groups excluding tert-OH is 1. The number of nitrogens with zero attached hydrogens (tertiary/aromatic N) is 2. The summed E-state index contributed by atoms with van der Waals surface area (Å²) in [6.45, 7) is 8.14. The number of hydrogen-bond acceptors (Lipinski definition) is 6. The number of aliphatic hydroxyl groups is 1. The van der Waals surface area contributed by atoms with Crippen LogP contribution in [0.3, 0.4) is 0 Å². The Kier molecular flexibility index (Phi) is 13.2. The fourth-order valence-corrected chi connectivity index (χ4v) is 6.87. The number of hydrogen-bond donors (Lipinski definition) is 1. The van der Waals surface area contributed by atoms with Crippen LogP contribution >= 0.6 is 0 Å². The van der Waals surface area contributed by atoms with Gasteiger partial charge in [-0.15, -0.1) is 0 Å². The molecule has 0 amide bonds. The van der Waals surface area contributed by atoms with Gasteiger partial charge in [0.2, 0.25) is 0 Å². The highest BCUT2D eigenvalue weighted by atomic mass is 16.5. The third kappa shape index (κ3) is 10.0. The summed E-state index contributed by atoms with van der Waals surface area (Å²) in [5.41, 5.74) is 16.1. The van der Waals surface area contributed by atoms with Crippen LogP contribution in [0.1, 0.15) is 57.3 Å². The molecule has 0 saturated carbocycles. The van der Waals surface area contributed by atoms with Gasteiger partial charge in [-0.3, -0.25) is 9.59 Å². The molecule has 0 aliphatic rings. The lowest BCUT2D eigenvalue weighted by molar-refractivity contribution is -0.140. The molecule has 0 fully saturated rings. The zero-order valence-electron chi connectivity index (χ0n) is 33.2. The number of aryl methyl sites for hydroxylation is 8. The van der Waals surface area contributed by atoms with Crippen LogP contribution in [0, 0.1) is 27.7 Å². The number of ether oxygens (including phenoxy) is 1. The number of esters is 1. The first-order valence-electron chi connectivity index (χ1n) is 19.4. The molecule has 6 nitrogen and oxygen atoms in total. The predicted molar refractivity (Wildman–Crippen MR) is 229 cm³/mol. The van der Waals surface area contributed by atoms with E-state index in [2.05, 4.69) is 171 Å². The second kappa shape index (κ2) is 18.6. The van der Waals surface area contributed by atoms with E-state index in [1.54, 1.807) is 0 Å². The normalized spacial score (nSPS) is 11.0. The van der Waals surface area contributed by atoms with Gasteiger partial charge in [-0.25, -0.2) is 0 Å². The summed E-state index contributed by atoms with van der Waals surface area (Å²) in [6.07, 6.45) is 3.79. The fourth-order valence-electron chi connectivity index (χ4n) is 6.87. The Bertz CT molecular complexity index is 2080. The molecular formula is C50H52N2O4. The fraction of sp³-hybridized carbons (Fsp3) is 0.240. The van der Waals surface area contributed by atoms with E-state index in [4.69, 9.17) is 9.84 Å². The maximum atomic E-state index is 11.7. The molecule has 0 aromatic heterocycles. The molecule has 0 spiro atoms. The van der Waals surface area contributed by atoms with Crippen LogP contribution in [0.15, 0.2) is 133 Å². The van der Waals surface area contributed by atoms with Gasteiger partial charge in [-0.1, -0.05) is 60.7 Å². The van der Waals surface area contributed by atoms with Gasteiger partial charge >= 0.3 is 5.97 Å². The molecule has 56 heavy (non-hydrogen) atoms. The number of benzene rings is 6. The van der Waals surface area contributed by atoms with Gasteiger partial charge in [0, 0.05) is 47.0 Å². The molecule has 0 heterocycles. The van der Waals surface area contributed by atoms with E-state index in [0.29, 0.717) is 25.7 Å². The lowest BCUT2D eigenvalue weighted by atomic mass is 10.0. The lowest BCUT2D eigenvalue weighted by Crippen LogP contribution is -2.11. The molecule has 0 bridgehead atoms. The monoisotopic (exact) mass is 744 g/mol. The molecular weight excluding hydrogens is 693 g/mol. The Hall–Kier alpha value is -5.98. The van der Waals surface area contributed by atoms with E-state index in [1.165, 1.54) is 40.5 Å². The van der Waals surface area contributed by atoms with Crippen LogP contribution in [0.2, 0.25) is 0 Å². The van der Waals surface area contributed by atoms with E-state index in [-0.39, 0.29) is 11.8 Å². The first kappa shape index (κ1) is 39.7. The average molecular weight is 745 g/mol. The SMILES string of the molecule is COC(=O)CCc1ccc(N(c2ccc(CCc3ccc(N(c4ccc(CCC(=O)CO)cc4)c4ccc(C)c(C)c4)cc3)cc2)c2ccc(C)c(C)c2)cc1. The number of rotatable bonds is 16. The largest absolute Gasteiger partial charge is 0.469 e. The average Bonchev–Trinajstić information content (AvgIpc) is 3.22. The maximum absolute atomic E-state index is 11.7. The minimum atomic E-state index is -0.410. The van der Waals surface area contributed by atoms with Crippen LogP contribution in [0.4, 0.5) is 34.1 Å². The number of anilines is 6. The van der Waals surface area contributed by atoms with Crippen molar-refractivity contribution in [3.63, 3.8) is 0 Å². The van der Waals surface area contributed by atoms with Gasteiger partial charge < -0.3 is 19.6 Å². The summed E-state index contributed by atoms with van der Waals surface area (Å²) < 4.78 is 4.83. The topological polar surface area (TPSA) is 70.1 Å². The number of Topliss-reactive ketones (excluding diaryl/α,β-unsaturated/α-hetero) is 1. The summed E-state index contributed by atoms with van der Waals surface area (Å²) in [5.74, 6) is -0.343. The van der Waals surface area contributed by atoms with Gasteiger partial charge in [0.15, 0.2) is 5.78 Å². The van der Waals surface area contributed by atoms with Crippen LogP contribution in [-0.4, -0.2) is 30.6 Å². The molecule has 0 saturated heterocycles. The van der Waals surface area contributed by atoms with Gasteiger partial charge in [-0.2, -0.15) is 0 Å². The number of methoxy groups -OCH3 is 1. The van der Waals surface area contributed by atoms with Crippen LogP contribution in [0.5, 0.6) is 0 Å². The van der Waals surface area contributed by atoms with Crippen molar-refractivity contribution in [2.45, 2.75) is 66.2 Å². The Labute approximate surface area is 332 Å². The molecule has 0 radical (unpaired) electrons. The highest BCUT2D eigenvalue weighted by Gasteiger charge is 2.16. The molecule has 0 aliphatic heterocycles. The maximum Gasteiger partial charge on any atom is 0.305 e. The van der Waals surface area contributed by atoms with Crippen molar-refractivity contribution in [3.05, 3.63) is 178 Å². The van der Waals surface area contributed by atoms with Gasteiger partial charge in [-0.05, 0) is 171 Å². The van der Waals surface area contributed by atoms with Crippen LogP contribution in [-0.2, 0) is 40.0 Å². The predicted octanol–water partition coefficient (Wildman–Crippen LogP) is 11.2. The van der Waals surface area contributed by atoms with Crippen molar-refractivity contribution >= 4 is 45.9 Å². The third-order valence-corrected chi connectivity index (χ3v) is 10.7. The smallest absolute Gasteiger partial charge is 0.305 e. The summed E-state index contributed by atoms with van der Waals surface area (Å²) in [6, 6.07) is 47.6. The van der Waals surface area contributed by atoms with Crippen molar-refractivity contribution in [3.8, 4) is 0 Å². The standard InChI is InChI=1S/C50H52N2O4/c1-35-6-20-47(32-37(35)3)51(45-26-14-41(15-27-45)18-30-49(54)34-53)43-22-10-39(11-23-43)8-9-40-12-24-44(25-13-40)52(48-21-7-36(2)38(4)33-48)46-28-16-42(17-29-46)19-31-50(55)56-5/h6-7,10-17,20-29,32-33,53H,8-9,18-19,30-31,34H2,1-5H3. The highest BCUT2D eigenvalue weighted by Crippen LogP contribution is 2.37. The second-order valence-electron chi connectivity index (χ2n) is 14.6. The molecule has 0 unspecified atom stereocenters. The molecule has 6 rings (SSSR count). The van der Waals surface area contributed by atoms with E-state index in [9.17, 15) is 9.59 Å². The van der Waals surface area contributed by atoms with Gasteiger partial charge in [0.05, 0.1) is 7.11 Å². The quantitative estimate of drug-likeness (QED) is 0.0995. The minimum absolute atomic E-state index is 0.143. The summed E-state index contributed by atoms with van der Waals surface area (Å²) in [5, 5.41) is 9.12. The second-order valence-corrected chi connectivity index (χ2v) is 14.6. The molecule has 6 heteroatoms. The van der Waals surface area contributed by atoms with E-state index < -0.39 is 6.61 Å². The minimum Gasteiger partial charge on any atom is -0.469 e. The first-order valence-corrected chi connectivity index (χ1v) is 19.4. The number of carbonyl (C=O) groups is 2. The Balaban J connectivity index is 1.18. The molecule has 0 aliphatic carbocycles. The zero-order valence-corrected chi connectivity index (χ0v) is 33.2. The molecule has 6 aromatic carbocycles. The van der Waals surface area contributed by atoms with Crippen LogP contribution < -0.4 is 9.80 Å². The zero-order chi connectivity index (χ0) is 39.6. The summed E-state index contributed by atoms with van der Waals surface area (Å²) in [4.78, 5) is 27.9. The molecule has 1 N–H and O–H groups in total. The molecule has 286 valence electrons. The Morgan fingerprint density at radius 1 is 0.446 bits per heavy atom. The van der Waals surface area contributed by atoms with Crippen molar-refractivity contribution in [2.75, 3.05) is 23.5 Å². The van der Waals surface area contributed by atoms with Crippen molar-refractivity contribution in [2.24, 2.45) is 0 Å². The highest BCUT2D eigenvalue weighted by molar-refractivity contribution is 5.80.